The van der Waals surface area contributed by atoms with Crippen molar-refractivity contribution in [3.05, 3.63) is 25.3 Å². The molecule has 0 spiro atoms. The summed E-state index contributed by atoms with van der Waals surface area (Å²) in [6.45, 7) is 9.68. The van der Waals surface area contributed by atoms with Crippen LogP contribution in [0.5, 0.6) is 0 Å². The highest BCUT2D eigenvalue weighted by molar-refractivity contribution is 8.14. The Hall–Kier alpha value is -1.68. The highest BCUT2D eigenvalue weighted by Crippen LogP contribution is 2.39. The van der Waals surface area contributed by atoms with Gasteiger partial charge in [0.2, 0.25) is 0 Å². The molecule has 5 atom stereocenters. The highest BCUT2D eigenvalue weighted by atomic mass is 32.2. The Bertz CT molecular complexity index is 555. The van der Waals surface area contributed by atoms with Crippen molar-refractivity contribution in [3.8, 4) is 0 Å². The standard InChI is InChI=1S/C16H22N2O6S/c1-4-7-22-12-10(9-19)24-14-11(13(12)23-8-5-2)17-15(25-14)18(6-3)16(20)21/h4-5,9-14H,1-2,6-8H2,3H3,(H,20,21)/t10-,11-,12-,13-,14-/m1/s1. The van der Waals surface area contributed by atoms with Crippen LogP contribution in [0.25, 0.3) is 0 Å². The number of hydrogen-bond acceptors (Lipinski definition) is 7. The predicted molar refractivity (Wildman–Crippen MR) is 93.8 cm³/mol. The van der Waals surface area contributed by atoms with Crippen LogP contribution in [-0.4, -0.2) is 77.1 Å². The van der Waals surface area contributed by atoms with Crippen LogP contribution in [0.15, 0.2) is 30.3 Å². The fourth-order valence-electron chi connectivity index (χ4n) is 2.68. The molecule has 2 aliphatic rings. The van der Waals surface area contributed by atoms with Gasteiger partial charge in [0, 0.05) is 6.54 Å². The molecule has 1 saturated heterocycles. The zero-order chi connectivity index (χ0) is 18.4. The molecular formula is C16H22N2O6S. The van der Waals surface area contributed by atoms with Crippen molar-refractivity contribution < 1.29 is 28.9 Å². The number of rotatable bonds is 8. The molecular weight excluding hydrogens is 348 g/mol. The van der Waals surface area contributed by atoms with Gasteiger partial charge < -0.3 is 24.1 Å². The molecule has 0 bridgehead atoms. The first-order valence-corrected chi connectivity index (χ1v) is 8.76. The molecule has 0 aromatic heterocycles. The summed E-state index contributed by atoms with van der Waals surface area (Å²) in [5.41, 5.74) is -0.517. The van der Waals surface area contributed by atoms with Crippen molar-refractivity contribution >= 4 is 29.3 Å². The number of aliphatic imine (C=N–C) groups is 1. The molecule has 2 rings (SSSR count). The minimum absolute atomic E-state index is 0.226. The minimum atomic E-state index is -1.10. The van der Waals surface area contributed by atoms with Crippen LogP contribution in [0.1, 0.15) is 6.92 Å². The number of carbonyl (C=O) groups is 2. The Kier molecular flexibility index (Phi) is 7.18. The first kappa shape index (κ1) is 19.6. The summed E-state index contributed by atoms with van der Waals surface area (Å²) in [6.07, 6.45) is 0.666. The van der Waals surface area contributed by atoms with E-state index in [1.165, 1.54) is 11.8 Å². The lowest BCUT2D eigenvalue weighted by Gasteiger charge is -2.40. The van der Waals surface area contributed by atoms with Gasteiger partial charge in [0.05, 0.1) is 13.2 Å². The summed E-state index contributed by atoms with van der Waals surface area (Å²) in [4.78, 5) is 28.4. The van der Waals surface area contributed by atoms with Crippen molar-refractivity contribution in [2.24, 2.45) is 4.99 Å². The maximum atomic E-state index is 11.5. The fraction of sp³-hybridized carbons (Fsp3) is 0.562. The van der Waals surface area contributed by atoms with E-state index in [-0.39, 0.29) is 19.8 Å². The summed E-state index contributed by atoms with van der Waals surface area (Å²) in [6, 6.07) is -0.487. The summed E-state index contributed by atoms with van der Waals surface area (Å²) in [7, 11) is 0. The van der Waals surface area contributed by atoms with Gasteiger partial charge in [-0.05, 0) is 6.92 Å². The molecule has 25 heavy (non-hydrogen) atoms. The van der Waals surface area contributed by atoms with Gasteiger partial charge in [-0.3, -0.25) is 9.89 Å². The molecule has 1 fully saturated rings. The lowest BCUT2D eigenvalue weighted by atomic mass is 9.98. The van der Waals surface area contributed by atoms with E-state index < -0.39 is 35.9 Å². The van der Waals surface area contributed by atoms with Crippen LogP contribution in [0.3, 0.4) is 0 Å². The van der Waals surface area contributed by atoms with Crippen LogP contribution in [-0.2, 0) is 19.0 Å². The van der Waals surface area contributed by atoms with E-state index in [0.717, 1.165) is 4.90 Å². The Morgan fingerprint density at radius 1 is 1.36 bits per heavy atom. The number of nitrogens with zero attached hydrogens (tertiary/aromatic N) is 2. The summed E-state index contributed by atoms with van der Waals surface area (Å²) >= 11 is 1.17. The molecule has 0 aliphatic carbocycles. The van der Waals surface area contributed by atoms with Gasteiger partial charge >= 0.3 is 6.09 Å². The average Bonchev–Trinajstić information content (AvgIpc) is 3.01. The summed E-state index contributed by atoms with van der Waals surface area (Å²) in [5, 5.41) is 9.62. The van der Waals surface area contributed by atoms with Crippen LogP contribution in [0, 0.1) is 0 Å². The van der Waals surface area contributed by atoms with Crippen molar-refractivity contribution in [1.82, 2.24) is 4.90 Å². The Morgan fingerprint density at radius 3 is 2.52 bits per heavy atom. The quantitative estimate of drug-likeness (QED) is 0.511. The summed E-state index contributed by atoms with van der Waals surface area (Å²) < 4.78 is 17.3. The third-order valence-corrected chi connectivity index (χ3v) is 4.92. The lowest BCUT2D eigenvalue weighted by Crippen LogP contribution is -2.57. The van der Waals surface area contributed by atoms with Crippen LogP contribution < -0.4 is 0 Å². The Labute approximate surface area is 150 Å². The number of amides is 1. The van der Waals surface area contributed by atoms with Crippen molar-refractivity contribution in [3.63, 3.8) is 0 Å². The van der Waals surface area contributed by atoms with Crippen molar-refractivity contribution in [1.29, 1.82) is 0 Å². The molecule has 2 aliphatic heterocycles. The average molecular weight is 370 g/mol. The highest BCUT2D eigenvalue weighted by Gasteiger charge is 2.51. The molecule has 0 aromatic rings. The minimum Gasteiger partial charge on any atom is -0.465 e. The fourth-order valence-corrected chi connectivity index (χ4v) is 3.94. The third kappa shape index (κ3) is 4.30. The maximum Gasteiger partial charge on any atom is 0.413 e. The van der Waals surface area contributed by atoms with Crippen LogP contribution in [0.4, 0.5) is 4.79 Å². The van der Waals surface area contributed by atoms with E-state index in [1.807, 2.05) is 0 Å². The molecule has 138 valence electrons. The molecule has 1 N–H and O–H groups in total. The number of ether oxygens (including phenoxy) is 3. The zero-order valence-electron chi connectivity index (χ0n) is 13.9. The van der Waals surface area contributed by atoms with Gasteiger partial charge in [0.1, 0.15) is 29.8 Å². The van der Waals surface area contributed by atoms with Crippen molar-refractivity contribution in [2.75, 3.05) is 19.8 Å². The molecule has 9 heteroatoms. The number of carboxylic acid groups (broad SMARTS) is 1. The smallest absolute Gasteiger partial charge is 0.413 e. The Balaban J connectivity index is 2.29. The number of fused-ring (bicyclic) bond motifs is 1. The van der Waals surface area contributed by atoms with Gasteiger partial charge in [0.25, 0.3) is 0 Å². The molecule has 0 saturated carbocycles. The van der Waals surface area contributed by atoms with Gasteiger partial charge in [-0.2, -0.15) is 0 Å². The van der Waals surface area contributed by atoms with Crippen LogP contribution in [0.2, 0.25) is 0 Å². The molecule has 0 aromatic carbocycles. The zero-order valence-corrected chi connectivity index (χ0v) is 14.8. The third-order valence-electron chi connectivity index (χ3n) is 3.76. The second-order valence-corrected chi connectivity index (χ2v) is 6.39. The number of aldehydes is 1. The van der Waals surface area contributed by atoms with E-state index >= 15 is 0 Å². The van der Waals surface area contributed by atoms with Gasteiger partial charge in [-0.25, -0.2) is 4.79 Å². The number of carbonyl (C=O) groups excluding carboxylic acids is 1. The van der Waals surface area contributed by atoms with E-state index in [0.29, 0.717) is 11.5 Å². The van der Waals surface area contributed by atoms with E-state index in [9.17, 15) is 14.7 Å². The van der Waals surface area contributed by atoms with E-state index in [2.05, 4.69) is 18.2 Å². The second kappa shape index (κ2) is 9.14. The van der Waals surface area contributed by atoms with Gasteiger partial charge in [-0.1, -0.05) is 23.9 Å². The Morgan fingerprint density at radius 2 is 2.00 bits per heavy atom. The largest absolute Gasteiger partial charge is 0.465 e. The summed E-state index contributed by atoms with van der Waals surface area (Å²) in [5.74, 6) is 0. The van der Waals surface area contributed by atoms with E-state index in [4.69, 9.17) is 14.2 Å². The van der Waals surface area contributed by atoms with Gasteiger partial charge in [-0.15, -0.1) is 13.2 Å². The molecule has 0 unspecified atom stereocenters. The van der Waals surface area contributed by atoms with E-state index in [1.54, 1.807) is 19.1 Å². The molecule has 8 nitrogen and oxygen atoms in total. The van der Waals surface area contributed by atoms with Gasteiger partial charge in [0.15, 0.2) is 11.5 Å². The molecule has 2 heterocycles. The SMILES string of the molecule is C=CCO[C@@H]1[C@H]2N=C(N(CC)C(=O)O)S[C@H]2O[C@H](C=O)[C@H]1OCC=C. The monoisotopic (exact) mass is 370 g/mol. The molecule has 1 amide bonds. The van der Waals surface area contributed by atoms with Crippen LogP contribution >= 0.6 is 11.8 Å². The first-order valence-electron chi connectivity index (χ1n) is 7.88. The van der Waals surface area contributed by atoms with Crippen molar-refractivity contribution in [2.45, 2.75) is 36.7 Å². The number of hydrogen-bond donors (Lipinski definition) is 1. The maximum absolute atomic E-state index is 11.5. The topological polar surface area (TPSA) is 97.7 Å². The molecule has 0 radical (unpaired) electrons. The second-order valence-electron chi connectivity index (χ2n) is 5.33. The predicted octanol–water partition coefficient (Wildman–Crippen LogP) is 1.52. The first-order chi connectivity index (χ1) is 12.1. The normalized spacial score (nSPS) is 30.9. The number of amidine groups is 1. The lowest BCUT2D eigenvalue weighted by molar-refractivity contribution is -0.182. The number of thioether (sulfide) groups is 1.